The maximum Gasteiger partial charge on any atom is 0.188 e. The molecule has 4 heteroatoms. The molecule has 14 heavy (non-hydrogen) atoms. The van der Waals surface area contributed by atoms with Crippen molar-refractivity contribution in [2.75, 3.05) is 13.1 Å². The van der Waals surface area contributed by atoms with Gasteiger partial charge in [0.25, 0.3) is 0 Å². The minimum atomic E-state index is 0.0902. The molecule has 2 heterocycles. The minimum Gasteiger partial charge on any atom is -0.298 e. The molecule has 1 aromatic rings. The molecule has 3 nitrogen and oxygen atoms in total. The number of rotatable bonds is 2. The highest BCUT2D eigenvalue weighted by Gasteiger charge is 2.20. The first kappa shape index (κ1) is 9.80. The first-order valence-corrected chi connectivity index (χ1v) is 5.74. The van der Waals surface area contributed by atoms with Crippen LogP contribution in [0.15, 0.2) is 0 Å². The van der Waals surface area contributed by atoms with Crippen LogP contribution in [0.3, 0.4) is 0 Å². The monoisotopic (exact) mass is 210 g/mol. The average molecular weight is 210 g/mol. The number of hydrogen-bond acceptors (Lipinski definition) is 4. The van der Waals surface area contributed by atoms with Crippen LogP contribution in [0.25, 0.3) is 0 Å². The van der Waals surface area contributed by atoms with Gasteiger partial charge in [0, 0.05) is 31.3 Å². The molecule has 0 spiro atoms. The molecule has 1 aliphatic heterocycles. The quantitative estimate of drug-likeness (QED) is 0.697. The van der Waals surface area contributed by atoms with Crippen LogP contribution < -0.4 is 0 Å². The molecule has 0 bridgehead atoms. The summed E-state index contributed by atoms with van der Waals surface area (Å²) in [6, 6.07) is 0. The Morgan fingerprint density at radius 1 is 1.64 bits per heavy atom. The smallest absolute Gasteiger partial charge is 0.188 e. The lowest BCUT2D eigenvalue weighted by Gasteiger charge is -2.23. The Balaban J connectivity index is 2.25. The third-order valence-electron chi connectivity index (χ3n) is 2.56. The summed E-state index contributed by atoms with van der Waals surface area (Å²) >= 11 is 1.56. The zero-order valence-corrected chi connectivity index (χ0v) is 9.36. The largest absolute Gasteiger partial charge is 0.298 e. The van der Waals surface area contributed by atoms with Crippen LogP contribution in [0.1, 0.15) is 34.2 Å². The van der Waals surface area contributed by atoms with Crippen molar-refractivity contribution in [1.29, 1.82) is 0 Å². The molecule has 0 saturated carbocycles. The predicted molar refractivity (Wildman–Crippen MR) is 56.8 cm³/mol. The summed E-state index contributed by atoms with van der Waals surface area (Å²) in [5.74, 6) is 0.0902. The summed E-state index contributed by atoms with van der Waals surface area (Å²) in [5.41, 5.74) is 1.14. The molecule has 1 aromatic heterocycles. The predicted octanol–water partition coefficient (Wildman–Crippen LogP) is 1.72. The van der Waals surface area contributed by atoms with Gasteiger partial charge in [0.1, 0.15) is 0 Å². The molecule has 0 radical (unpaired) electrons. The molecule has 0 atom stereocenters. The third kappa shape index (κ3) is 1.72. The van der Waals surface area contributed by atoms with E-state index in [9.17, 15) is 4.79 Å². The zero-order valence-electron chi connectivity index (χ0n) is 8.54. The molecular weight excluding hydrogens is 196 g/mol. The molecule has 2 rings (SSSR count). The number of fused-ring (bicyclic) bond motifs is 1. The van der Waals surface area contributed by atoms with Gasteiger partial charge in [-0.2, -0.15) is 0 Å². The lowest BCUT2D eigenvalue weighted by atomic mass is 10.2. The first-order valence-electron chi connectivity index (χ1n) is 4.92. The summed E-state index contributed by atoms with van der Waals surface area (Å²) in [4.78, 5) is 19.2. The van der Waals surface area contributed by atoms with E-state index in [2.05, 4.69) is 16.8 Å². The third-order valence-corrected chi connectivity index (χ3v) is 3.74. The van der Waals surface area contributed by atoms with Crippen LogP contribution >= 0.6 is 11.3 Å². The van der Waals surface area contributed by atoms with Gasteiger partial charge in [0.05, 0.1) is 5.69 Å². The van der Waals surface area contributed by atoms with Gasteiger partial charge in [-0.1, -0.05) is 6.92 Å². The topological polar surface area (TPSA) is 33.2 Å². The van der Waals surface area contributed by atoms with E-state index in [0.717, 1.165) is 31.7 Å². The van der Waals surface area contributed by atoms with E-state index in [1.54, 1.807) is 18.3 Å². The van der Waals surface area contributed by atoms with Gasteiger partial charge in [-0.3, -0.25) is 9.69 Å². The Labute approximate surface area is 87.8 Å². The first-order chi connectivity index (χ1) is 6.70. The van der Waals surface area contributed by atoms with Gasteiger partial charge in [-0.05, 0) is 6.54 Å². The summed E-state index contributed by atoms with van der Waals surface area (Å²) in [6.45, 7) is 6.87. The second-order valence-electron chi connectivity index (χ2n) is 3.56. The SMILES string of the molecule is CCN1CCc2nc(C(C)=O)sc2C1. The summed E-state index contributed by atoms with van der Waals surface area (Å²) in [6.07, 6.45) is 0.993. The molecule has 0 aromatic carbocycles. The number of carbonyl (C=O) groups excluding carboxylic acids is 1. The number of Topliss-reactive ketones (excluding diaryl/α,β-unsaturated/α-hetero) is 1. The van der Waals surface area contributed by atoms with Gasteiger partial charge in [0.2, 0.25) is 0 Å². The minimum absolute atomic E-state index is 0.0902. The molecule has 0 amide bonds. The van der Waals surface area contributed by atoms with Crippen molar-refractivity contribution in [3.63, 3.8) is 0 Å². The second kappa shape index (κ2) is 3.79. The average Bonchev–Trinajstić information content (AvgIpc) is 2.59. The maximum atomic E-state index is 11.1. The van der Waals surface area contributed by atoms with Crippen LogP contribution in [-0.2, 0) is 13.0 Å². The Kier molecular flexibility index (Phi) is 2.65. The molecule has 1 aliphatic rings. The van der Waals surface area contributed by atoms with E-state index in [1.807, 2.05) is 0 Å². The van der Waals surface area contributed by atoms with E-state index >= 15 is 0 Å². The highest BCUT2D eigenvalue weighted by atomic mass is 32.1. The van der Waals surface area contributed by atoms with E-state index in [0.29, 0.717) is 5.01 Å². The Bertz CT molecular complexity index is 359. The van der Waals surface area contributed by atoms with Gasteiger partial charge < -0.3 is 0 Å². The summed E-state index contributed by atoms with van der Waals surface area (Å²) in [5, 5.41) is 0.674. The number of carbonyl (C=O) groups is 1. The Morgan fingerprint density at radius 3 is 3.07 bits per heavy atom. The van der Waals surface area contributed by atoms with Crippen molar-refractivity contribution in [2.45, 2.75) is 26.8 Å². The van der Waals surface area contributed by atoms with Gasteiger partial charge >= 0.3 is 0 Å². The highest BCUT2D eigenvalue weighted by Crippen LogP contribution is 2.25. The normalized spacial score (nSPS) is 16.7. The van der Waals surface area contributed by atoms with Crippen molar-refractivity contribution < 1.29 is 4.79 Å². The summed E-state index contributed by atoms with van der Waals surface area (Å²) in [7, 11) is 0. The number of thiazole rings is 1. The molecule has 0 unspecified atom stereocenters. The van der Waals surface area contributed by atoms with E-state index in [-0.39, 0.29) is 5.78 Å². The second-order valence-corrected chi connectivity index (χ2v) is 4.65. The molecule has 0 aliphatic carbocycles. The fourth-order valence-electron chi connectivity index (χ4n) is 1.67. The van der Waals surface area contributed by atoms with Gasteiger partial charge in [0.15, 0.2) is 10.8 Å². The zero-order chi connectivity index (χ0) is 10.1. The van der Waals surface area contributed by atoms with Crippen LogP contribution in [0, 0.1) is 0 Å². The molecule has 0 N–H and O–H groups in total. The number of likely N-dealkylation sites (N-methyl/N-ethyl adjacent to an activating group) is 1. The maximum absolute atomic E-state index is 11.1. The van der Waals surface area contributed by atoms with Crippen molar-refractivity contribution in [3.05, 3.63) is 15.6 Å². The molecule has 0 fully saturated rings. The molecule has 76 valence electrons. The van der Waals surface area contributed by atoms with Crippen LogP contribution in [0.5, 0.6) is 0 Å². The van der Waals surface area contributed by atoms with Crippen LogP contribution in [0.2, 0.25) is 0 Å². The Hall–Kier alpha value is -0.740. The molecular formula is C10H14N2OS. The summed E-state index contributed by atoms with van der Waals surface area (Å²) < 4.78 is 0. The standard InChI is InChI=1S/C10H14N2OS/c1-3-12-5-4-8-9(6-12)14-10(11-8)7(2)13/h3-6H2,1-2H3. The van der Waals surface area contributed by atoms with Crippen molar-refractivity contribution in [1.82, 2.24) is 9.88 Å². The van der Waals surface area contributed by atoms with E-state index in [1.165, 1.54) is 4.88 Å². The van der Waals surface area contributed by atoms with Gasteiger partial charge in [-0.15, -0.1) is 11.3 Å². The number of aromatic nitrogens is 1. The lowest BCUT2D eigenvalue weighted by Crippen LogP contribution is -2.29. The fourth-order valence-corrected chi connectivity index (χ4v) is 2.71. The van der Waals surface area contributed by atoms with E-state index < -0.39 is 0 Å². The highest BCUT2D eigenvalue weighted by molar-refractivity contribution is 7.13. The number of nitrogens with zero attached hydrogens (tertiary/aromatic N) is 2. The van der Waals surface area contributed by atoms with Crippen molar-refractivity contribution in [2.24, 2.45) is 0 Å². The number of hydrogen-bond donors (Lipinski definition) is 0. The lowest BCUT2D eigenvalue weighted by molar-refractivity contribution is 0.101. The number of ketones is 1. The molecule has 0 saturated heterocycles. The van der Waals surface area contributed by atoms with Crippen LogP contribution in [-0.4, -0.2) is 28.8 Å². The fraction of sp³-hybridized carbons (Fsp3) is 0.600. The van der Waals surface area contributed by atoms with E-state index in [4.69, 9.17) is 0 Å². The van der Waals surface area contributed by atoms with Crippen LogP contribution in [0.4, 0.5) is 0 Å². The van der Waals surface area contributed by atoms with Crippen molar-refractivity contribution >= 4 is 17.1 Å². The van der Waals surface area contributed by atoms with Gasteiger partial charge in [-0.25, -0.2) is 4.98 Å². The van der Waals surface area contributed by atoms with Crippen molar-refractivity contribution in [3.8, 4) is 0 Å². The Morgan fingerprint density at radius 2 is 2.43 bits per heavy atom.